The summed E-state index contributed by atoms with van der Waals surface area (Å²) < 4.78 is 2.46. The SMILES string of the molecule is CCC1CC2CC(C)C3(c4ccc5ccccc5c4-c4cccc(-c5cccc(-c6ccc(-c7nc(-c8ccccc8)nc(-c8cccc9c8sc8ccccc89)n7)cc6)c5)c43)C(C1)C2. The zero-order chi connectivity index (χ0) is 43.2. The van der Waals surface area contributed by atoms with Gasteiger partial charge >= 0.3 is 0 Å². The Labute approximate surface area is 384 Å². The van der Waals surface area contributed by atoms with Gasteiger partial charge in [-0.25, -0.2) is 15.0 Å². The van der Waals surface area contributed by atoms with Crippen LogP contribution in [0.5, 0.6) is 0 Å². The molecule has 0 aliphatic heterocycles. The molecule has 13 rings (SSSR count). The molecule has 65 heavy (non-hydrogen) atoms. The molecule has 0 radical (unpaired) electrons. The lowest BCUT2D eigenvalue weighted by atomic mass is 9.48. The fourth-order valence-corrected chi connectivity index (χ4v) is 14.1. The molecular formula is C61H49N3S. The Hall–Kier alpha value is -6.75. The van der Waals surface area contributed by atoms with Crippen molar-refractivity contribution in [1.82, 2.24) is 15.0 Å². The van der Waals surface area contributed by atoms with Crippen LogP contribution in [0.4, 0.5) is 0 Å². The van der Waals surface area contributed by atoms with Gasteiger partial charge in [-0.1, -0.05) is 178 Å². The predicted octanol–water partition coefficient (Wildman–Crippen LogP) is 16.5. The van der Waals surface area contributed by atoms with Gasteiger partial charge in [0.2, 0.25) is 0 Å². The van der Waals surface area contributed by atoms with E-state index in [9.17, 15) is 0 Å². The molecule has 2 heterocycles. The maximum atomic E-state index is 5.21. The van der Waals surface area contributed by atoms with Crippen LogP contribution in [-0.4, -0.2) is 15.0 Å². The highest BCUT2D eigenvalue weighted by Crippen LogP contribution is 2.67. The highest BCUT2D eigenvalue weighted by atomic mass is 32.1. The minimum Gasteiger partial charge on any atom is -0.208 e. The number of rotatable bonds is 6. The molecule has 8 aromatic carbocycles. The molecule has 2 fully saturated rings. The molecule has 2 aromatic heterocycles. The molecule has 1 spiro atoms. The third-order valence-corrected chi connectivity index (χ3v) is 16.9. The van der Waals surface area contributed by atoms with Crippen molar-refractivity contribution in [1.29, 1.82) is 0 Å². The first kappa shape index (κ1) is 38.7. The molecule has 0 saturated heterocycles. The second kappa shape index (κ2) is 15.2. The van der Waals surface area contributed by atoms with E-state index in [0.29, 0.717) is 29.3 Å². The van der Waals surface area contributed by atoms with E-state index in [2.05, 4.69) is 172 Å². The second-order valence-corrected chi connectivity index (χ2v) is 20.2. The van der Waals surface area contributed by atoms with Crippen LogP contribution in [0.15, 0.2) is 176 Å². The molecule has 5 atom stereocenters. The molecule has 0 amide bonds. The van der Waals surface area contributed by atoms with Gasteiger partial charge in [0, 0.05) is 42.3 Å². The predicted molar refractivity (Wildman–Crippen MR) is 272 cm³/mol. The van der Waals surface area contributed by atoms with Crippen LogP contribution in [0.3, 0.4) is 0 Å². The van der Waals surface area contributed by atoms with Crippen LogP contribution < -0.4 is 0 Å². The van der Waals surface area contributed by atoms with Crippen molar-refractivity contribution in [2.24, 2.45) is 23.7 Å². The zero-order valence-electron chi connectivity index (χ0n) is 36.8. The summed E-state index contributed by atoms with van der Waals surface area (Å²) in [7, 11) is 0. The van der Waals surface area contributed by atoms with E-state index in [4.69, 9.17) is 15.0 Å². The van der Waals surface area contributed by atoms with E-state index in [-0.39, 0.29) is 5.41 Å². The van der Waals surface area contributed by atoms with Gasteiger partial charge in [-0.3, -0.25) is 0 Å². The van der Waals surface area contributed by atoms with E-state index >= 15 is 0 Å². The van der Waals surface area contributed by atoms with Gasteiger partial charge < -0.3 is 0 Å². The Morgan fingerprint density at radius 2 is 1.15 bits per heavy atom. The maximum absolute atomic E-state index is 5.21. The number of benzene rings is 8. The van der Waals surface area contributed by atoms with Gasteiger partial charge in [0.05, 0.1) is 0 Å². The average Bonchev–Trinajstić information content (AvgIpc) is 3.90. The summed E-state index contributed by atoms with van der Waals surface area (Å²) in [5, 5.41) is 5.22. The molecule has 3 aliphatic rings. The molecule has 5 unspecified atom stereocenters. The van der Waals surface area contributed by atoms with E-state index in [1.54, 1.807) is 22.5 Å². The average molecular weight is 856 g/mol. The lowest BCUT2D eigenvalue weighted by Crippen LogP contribution is -2.49. The Balaban J connectivity index is 0.916. The maximum Gasteiger partial charge on any atom is 0.165 e. The largest absolute Gasteiger partial charge is 0.208 e. The first-order valence-corrected chi connectivity index (χ1v) is 24.5. The van der Waals surface area contributed by atoms with Crippen molar-refractivity contribution in [2.75, 3.05) is 0 Å². The lowest BCUT2D eigenvalue weighted by Gasteiger charge is -2.55. The highest BCUT2D eigenvalue weighted by Gasteiger charge is 2.57. The fourth-order valence-electron chi connectivity index (χ4n) is 12.9. The Morgan fingerprint density at radius 3 is 2.00 bits per heavy atom. The summed E-state index contributed by atoms with van der Waals surface area (Å²) in [5.74, 6) is 4.84. The molecule has 10 aromatic rings. The number of hydrogen-bond donors (Lipinski definition) is 0. The summed E-state index contributed by atoms with van der Waals surface area (Å²) in [6.45, 7) is 5.02. The van der Waals surface area contributed by atoms with Gasteiger partial charge in [-0.05, 0) is 123 Å². The second-order valence-electron chi connectivity index (χ2n) is 19.1. The van der Waals surface area contributed by atoms with Crippen LogP contribution in [-0.2, 0) is 5.41 Å². The van der Waals surface area contributed by atoms with E-state index in [0.717, 1.165) is 28.5 Å². The number of hydrogen-bond acceptors (Lipinski definition) is 4. The van der Waals surface area contributed by atoms with E-state index < -0.39 is 0 Å². The summed E-state index contributed by atoms with van der Waals surface area (Å²) in [6.07, 6.45) is 6.64. The Morgan fingerprint density at radius 1 is 0.508 bits per heavy atom. The van der Waals surface area contributed by atoms with Crippen molar-refractivity contribution in [3.63, 3.8) is 0 Å². The third kappa shape index (κ3) is 6.03. The topological polar surface area (TPSA) is 38.7 Å². The number of thiophene rings is 1. The van der Waals surface area contributed by atoms with Crippen molar-refractivity contribution < 1.29 is 0 Å². The van der Waals surface area contributed by atoms with Gasteiger partial charge in [-0.2, -0.15) is 0 Å². The summed E-state index contributed by atoms with van der Waals surface area (Å²) in [4.78, 5) is 15.4. The van der Waals surface area contributed by atoms with Crippen molar-refractivity contribution in [3.8, 4) is 67.5 Å². The minimum absolute atomic E-state index is 0.0161. The molecule has 2 bridgehead atoms. The first-order valence-electron chi connectivity index (χ1n) is 23.6. The number of aromatic nitrogens is 3. The highest BCUT2D eigenvalue weighted by molar-refractivity contribution is 7.26. The Kier molecular flexibility index (Phi) is 9.03. The van der Waals surface area contributed by atoms with Gasteiger partial charge in [0.1, 0.15) is 0 Å². The molecule has 0 N–H and O–H groups in total. The van der Waals surface area contributed by atoms with E-state index in [1.165, 1.54) is 96.4 Å². The summed E-state index contributed by atoms with van der Waals surface area (Å²) in [5.41, 5.74) is 14.1. The molecular weight excluding hydrogens is 807 g/mol. The standard InChI is InChI=1S/C61H49N3S/c1-3-38-33-39-32-37(2)61(46(34-38)35-39)53-31-30-41-14-7-8-19-47(41)55(53)51-23-12-21-48(56(51)61)45-18-11-17-44(36-45)40-26-28-43(29-27-40)59-62-58(42-15-5-4-6-16-42)63-60(64-59)52-24-13-22-50-49-20-9-10-25-54(49)65-57(50)52/h4-31,36-39,46H,3,32-35H2,1-2H3. The first-order chi connectivity index (χ1) is 32.0. The molecule has 2 saturated carbocycles. The van der Waals surface area contributed by atoms with Crippen molar-refractivity contribution in [3.05, 3.63) is 187 Å². The fraction of sp³-hybridized carbons (Fsp3) is 0.197. The van der Waals surface area contributed by atoms with Crippen LogP contribution in [0.1, 0.15) is 57.1 Å². The normalized spacial score (nSPS) is 21.0. The molecule has 3 nitrogen and oxygen atoms in total. The Bertz CT molecular complexity index is 3480. The van der Waals surface area contributed by atoms with Crippen LogP contribution in [0.25, 0.3) is 98.5 Å². The van der Waals surface area contributed by atoms with Crippen molar-refractivity contribution >= 4 is 42.3 Å². The molecule has 4 heteroatoms. The minimum atomic E-state index is -0.0161. The van der Waals surface area contributed by atoms with Crippen LogP contribution in [0, 0.1) is 23.7 Å². The quantitative estimate of drug-likeness (QED) is 0.167. The van der Waals surface area contributed by atoms with Crippen LogP contribution >= 0.6 is 11.3 Å². The monoisotopic (exact) mass is 855 g/mol. The van der Waals surface area contributed by atoms with Gasteiger partial charge in [0.25, 0.3) is 0 Å². The summed E-state index contributed by atoms with van der Waals surface area (Å²) >= 11 is 1.80. The van der Waals surface area contributed by atoms with Gasteiger partial charge in [0.15, 0.2) is 17.5 Å². The number of fused-ring (bicyclic) bond motifs is 13. The number of nitrogens with zero attached hydrogens (tertiary/aromatic N) is 3. The van der Waals surface area contributed by atoms with Crippen LogP contribution in [0.2, 0.25) is 0 Å². The third-order valence-electron chi connectivity index (χ3n) is 15.7. The lowest BCUT2D eigenvalue weighted by molar-refractivity contribution is 0.0371. The van der Waals surface area contributed by atoms with Crippen molar-refractivity contribution in [2.45, 2.75) is 51.4 Å². The van der Waals surface area contributed by atoms with E-state index in [1.807, 2.05) is 18.2 Å². The van der Waals surface area contributed by atoms with Gasteiger partial charge in [-0.15, -0.1) is 11.3 Å². The smallest absolute Gasteiger partial charge is 0.165 e. The summed E-state index contributed by atoms with van der Waals surface area (Å²) in [6, 6.07) is 64.7. The molecule has 314 valence electrons. The zero-order valence-corrected chi connectivity index (χ0v) is 37.7. The molecule has 3 aliphatic carbocycles.